The van der Waals surface area contributed by atoms with E-state index < -0.39 is 18.2 Å². The van der Waals surface area contributed by atoms with E-state index in [0.717, 1.165) is 5.56 Å². The molecule has 0 heterocycles. The van der Waals surface area contributed by atoms with E-state index in [0.29, 0.717) is 24.5 Å². The Labute approximate surface area is 150 Å². The molecule has 0 bridgehead atoms. The number of ether oxygens (including phenoxy) is 1. The average Bonchev–Trinajstić information content (AvgIpc) is 2.52. The lowest BCUT2D eigenvalue weighted by Crippen LogP contribution is -2.38. The summed E-state index contributed by atoms with van der Waals surface area (Å²) < 4.78 is 37.2. The number of alkyl halides is 3. The molecule has 1 unspecified atom stereocenters. The maximum Gasteiger partial charge on any atom is 0.490 e. The second kappa shape index (κ2) is 10.3. The van der Waals surface area contributed by atoms with E-state index in [1.54, 1.807) is 12.1 Å². The predicted octanol–water partition coefficient (Wildman–Crippen LogP) is 2.63. The molecule has 0 aromatic heterocycles. The summed E-state index contributed by atoms with van der Waals surface area (Å²) >= 11 is 0. The van der Waals surface area contributed by atoms with Crippen LogP contribution in [-0.4, -0.2) is 46.2 Å². The molecule has 0 aliphatic heterocycles. The number of aliphatic hydroxyl groups is 2. The average molecular weight is 381 g/mol. The Kier molecular flexibility index (Phi) is 9.61. The Bertz CT molecular complexity index is 570. The first-order valence-electron chi connectivity index (χ1n) is 7.91. The number of hydrogen-bond acceptors (Lipinski definition) is 5. The smallest absolute Gasteiger partial charge is 0.490 e. The topological polar surface area (TPSA) is 99.0 Å². The van der Waals surface area contributed by atoms with Crippen molar-refractivity contribution in [2.45, 2.75) is 52.1 Å². The highest BCUT2D eigenvalue weighted by atomic mass is 19.4. The Hall–Kier alpha value is -1.84. The van der Waals surface area contributed by atoms with Crippen molar-refractivity contribution in [1.82, 2.24) is 5.32 Å². The highest BCUT2D eigenvalue weighted by Gasteiger charge is 2.38. The van der Waals surface area contributed by atoms with Crippen LogP contribution in [0.2, 0.25) is 0 Å². The molecule has 1 aromatic carbocycles. The molecule has 0 saturated heterocycles. The molecule has 1 rings (SSSR count). The van der Waals surface area contributed by atoms with Crippen LogP contribution in [0.1, 0.15) is 44.9 Å². The van der Waals surface area contributed by atoms with Crippen molar-refractivity contribution >= 4 is 5.97 Å². The fourth-order valence-corrected chi connectivity index (χ4v) is 1.75. The monoisotopic (exact) mass is 381 g/mol. The molecule has 0 saturated carbocycles. The van der Waals surface area contributed by atoms with Crippen molar-refractivity contribution in [3.8, 4) is 5.75 Å². The van der Waals surface area contributed by atoms with Crippen molar-refractivity contribution in [2.75, 3.05) is 13.2 Å². The summed E-state index contributed by atoms with van der Waals surface area (Å²) in [5.41, 5.74) is 1.45. The summed E-state index contributed by atoms with van der Waals surface area (Å²) in [4.78, 5) is 8.90. The van der Waals surface area contributed by atoms with Gasteiger partial charge in [-0.3, -0.25) is 0 Å². The van der Waals surface area contributed by atoms with E-state index in [1.807, 2.05) is 13.0 Å². The quantitative estimate of drug-likeness (QED) is 0.605. The van der Waals surface area contributed by atoms with Crippen molar-refractivity contribution in [3.63, 3.8) is 0 Å². The number of rotatable bonds is 6. The zero-order valence-corrected chi connectivity index (χ0v) is 15.2. The van der Waals surface area contributed by atoms with Gasteiger partial charge in [-0.05, 0) is 45.4 Å². The summed E-state index contributed by atoms with van der Waals surface area (Å²) in [5, 5.41) is 29.9. The molecule has 0 spiro atoms. The number of halogens is 3. The predicted molar refractivity (Wildman–Crippen MR) is 89.9 cm³/mol. The van der Waals surface area contributed by atoms with Crippen LogP contribution in [0.4, 0.5) is 13.2 Å². The molecular formula is C17H26F3NO5. The molecule has 6 nitrogen and oxygen atoms in total. The van der Waals surface area contributed by atoms with Crippen LogP contribution < -0.4 is 10.1 Å². The molecule has 0 radical (unpaired) electrons. The lowest BCUT2D eigenvalue weighted by atomic mass is 10.0. The number of hydrogen-bond donors (Lipinski definition) is 4. The molecular weight excluding hydrogens is 355 g/mol. The normalized spacial score (nSPS) is 12.8. The standard InChI is InChI=1S/C15H25NO3.C2HF3O2/c1-5-19-14-7-6-11(8-12(14)10-17)13(18)9-16-15(2,3)4;3-2(4,5)1(6)7/h6-8,13,16-18H,5,9-10H2,1-4H3;(H,6,7). The molecule has 1 atom stereocenters. The molecule has 0 amide bonds. The van der Waals surface area contributed by atoms with Crippen LogP contribution in [0.15, 0.2) is 18.2 Å². The number of β-amino-alcohol motifs (C(OH)–C–C–N with tert-alkyl or cyclic N) is 1. The largest absolute Gasteiger partial charge is 0.494 e. The van der Waals surface area contributed by atoms with E-state index in [9.17, 15) is 23.4 Å². The van der Waals surface area contributed by atoms with Gasteiger partial charge in [-0.2, -0.15) is 13.2 Å². The summed E-state index contributed by atoms with van der Waals surface area (Å²) in [6.45, 7) is 8.99. The van der Waals surface area contributed by atoms with Crippen molar-refractivity contribution in [1.29, 1.82) is 0 Å². The van der Waals surface area contributed by atoms with E-state index in [1.165, 1.54) is 0 Å². The number of carbonyl (C=O) groups is 1. The second-order valence-electron chi connectivity index (χ2n) is 6.41. The van der Waals surface area contributed by atoms with Gasteiger partial charge in [0.1, 0.15) is 5.75 Å². The zero-order valence-electron chi connectivity index (χ0n) is 15.2. The number of aliphatic carboxylic acids is 1. The molecule has 26 heavy (non-hydrogen) atoms. The Morgan fingerprint density at radius 3 is 2.19 bits per heavy atom. The number of benzene rings is 1. The molecule has 150 valence electrons. The summed E-state index contributed by atoms with van der Waals surface area (Å²) in [6, 6.07) is 5.42. The third-order valence-corrected chi connectivity index (χ3v) is 3.01. The van der Waals surface area contributed by atoms with E-state index in [-0.39, 0.29) is 12.1 Å². The van der Waals surface area contributed by atoms with Gasteiger partial charge >= 0.3 is 12.1 Å². The minimum atomic E-state index is -5.08. The van der Waals surface area contributed by atoms with Gasteiger partial charge in [0.15, 0.2) is 0 Å². The lowest BCUT2D eigenvalue weighted by molar-refractivity contribution is -0.192. The Morgan fingerprint density at radius 1 is 1.27 bits per heavy atom. The minimum Gasteiger partial charge on any atom is -0.494 e. The van der Waals surface area contributed by atoms with Gasteiger partial charge in [-0.1, -0.05) is 6.07 Å². The van der Waals surface area contributed by atoms with Crippen LogP contribution in [0.5, 0.6) is 5.75 Å². The first-order valence-corrected chi connectivity index (χ1v) is 7.91. The molecule has 1 aromatic rings. The lowest BCUT2D eigenvalue weighted by Gasteiger charge is -2.23. The highest BCUT2D eigenvalue weighted by Crippen LogP contribution is 2.24. The van der Waals surface area contributed by atoms with E-state index >= 15 is 0 Å². The number of aliphatic hydroxyl groups excluding tert-OH is 2. The van der Waals surface area contributed by atoms with Crippen molar-refractivity contribution < 1.29 is 38.0 Å². The minimum absolute atomic E-state index is 0.0357. The molecule has 0 fully saturated rings. The summed E-state index contributed by atoms with van der Waals surface area (Å²) in [5.74, 6) is -2.09. The molecule has 9 heteroatoms. The summed E-state index contributed by atoms with van der Waals surface area (Å²) in [6.07, 6.45) is -5.68. The van der Waals surface area contributed by atoms with Crippen molar-refractivity contribution in [2.24, 2.45) is 0 Å². The van der Waals surface area contributed by atoms with Crippen LogP contribution in [0.25, 0.3) is 0 Å². The van der Waals surface area contributed by atoms with Gasteiger partial charge in [0.2, 0.25) is 0 Å². The van der Waals surface area contributed by atoms with E-state index in [4.69, 9.17) is 14.6 Å². The Morgan fingerprint density at radius 2 is 1.81 bits per heavy atom. The van der Waals surface area contributed by atoms with Gasteiger partial charge in [0.25, 0.3) is 0 Å². The van der Waals surface area contributed by atoms with Gasteiger partial charge in [0.05, 0.1) is 19.3 Å². The maximum atomic E-state index is 10.6. The summed E-state index contributed by atoms with van der Waals surface area (Å²) in [7, 11) is 0. The number of nitrogens with one attached hydrogen (secondary N) is 1. The molecule has 4 N–H and O–H groups in total. The number of carboxylic acid groups (broad SMARTS) is 1. The Balaban J connectivity index is 0.000000758. The van der Waals surface area contributed by atoms with Crippen molar-refractivity contribution in [3.05, 3.63) is 29.3 Å². The van der Waals surface area contributed by atoms with Gasteiger partial charge in [-0.15, -0.1) is 0 Å². The fourth-order valence-electron chi connectivity index (χ4n) is 1.75. The van der Waals surface area contributed by atoms with Gasteiger partial charge < -0.3 is 25.4 Å². The molecule has 0 aliphatic rings. The third-order valence-electron chi connectivity index (χ3n) is 3.01. The maximum absolute atomic E-state index is 10.6. The SMILES string of the molecule is CCOc1ccc(C(O)CNC(C)(C)C)cc1CO.O=C(O)C(F)(F)F. The van der Waals surface area contributed by atoms with Gasteiger partial charge in [-0.25, -0.2) is 4.79 Å². The van der Waals surface area contributed by atoms with Crippen LogP contribution in [0, 0.1) is 0 Å². The van der Waals surface area contributed by atoms with Gasteiger partial charge in [0, 0.05) is 17.6 Å². The first-order chi connectivity index (χ1) is 11.8. The van der Waals surface area contributed by atoms with Crippen LogP contribution in [-0.2, 0) is 11.4 Å². The highest BCUT2D eigenvalue weighted by molar-refractivity contribution is 5.73. The van der Waals surface area contributed by atoms with E-state index in [2.05, 4.69) is 26.1 Å². The third kappa shape index (κ3) is 9.59. The molecule has 0 aliphatic carbocycles. The zero-order chi connectivity index (χ0) is 20.5. The first kappa shape index (κ1) is 24.2. The number of carboxylic acids is 1. The van der Waals surface area contributed by atoms with Crippen LogP contribution >= 0.6 is 0 Å². The second-order valence-corrected chi connectivity index (χ2v) is 6.41. The van der Waals surface area contributed by atoms with Crippen LogP contribution in [0.3, 0.4) is 0 Å². The fraction of sp³-hybridized carbons (Fsp3) is 0.588.